The molecule has 7 heteroatoms. The van der Waals surface area contributed by atoms with E-state index in [1.54, 1.807) is 30.6 Å². The van der Waals surface area contributed by atoms with Crippen LogP contribution < -0.4 is 5.32 Å². The van der Waals surface area contributed by atoms with E-state index in [-0.39, 0.29) is 18.3 Å². The molecule has 3 atom stereocenters. The molecule has 1 aromatic heterocycles. The first kappa shape index (κ1) is 22.6. The van der Waals surface area contributed by atoms with Crippen LogP contribution in [-0.2, 0) is 14.3 Å². The van der Waals surface area contributed by atoms with Gasteiger partial charge in [-0.15, -0.1) is 0 Å². The Labute approximate surface area is 192 Å². The first-order valence-corrected chi connectivity index (χ1v) is 10.6. The van der Waals surface area contributed by atoms with Crippen LogP contribution in [0.2, 0.25) is 0 Å². The number of pyridine rings is 1. The van der Waals surface area contributed by atoms with Crippen LogP contribution in [0, 0.1) is 5.82 Å². The zero-order valence-corrected chi connectivity index (χ0v) is 18.6. The second-order valence-electron chi connectivity index (χ2n) is 7.87. The predicted molar refractivity (Wildman–Crippen MR) is 124 cm³/mol. The van der Waals surface area contributed by atoms with E-state index in [0.29, 0.717) is 5.57 Å². The molecule has 3 aromatic rings. The number of methoxy groups -OCH3 is 1. The van der Waals surface area contributed by atoms with Crippen molar-refractivity contribution in [2.45, 2.75) is 25.0 Å². The standard InChI is InChI=1S/C26H26FN3O3/c1-18(20-8-5-4-6-9-20)26(17-29-23-10-7-15-28-16-23)24(31)30(25(32-3)33-26)19(2)21-11-13-22(27)14-12-21/h4-16,19,25,29H,1,17H2,2-3H3/t19-,25?,26+/m1/s1. The van der Waals surface area contributed by atoms with E-state index in [0.717, 1.165) is 16.8 Å². The van der Waals surface area contributed by atoms with Gasteiger partial charge < -0.3 is 14.8 Å². The maximum absolute atomic E-state index is 14.0. The molecule has 0 radical (unpaired) electrons. The molecule has 33 heavy (non-hydrogen) atoms. The fourth-order valence-corrected chi connectivity index (χ4v) is 4.00. The van der Waals surface area contributed by atoms with Gasteiger partial charge in [0.2, 0.25) is 6.41 Å². The molecule has 2 aromatic carbocycles. The molecule has 1 fully saturated rings. The second-order valence-corrected chi connectivity index (χ2v) is 7.87. The van der Waals surface area contributed by atoms with Crippen molar-refractivity contribution in [3.63, 3.8) is 0 Å². The molecule has 4 rings (SSSR count). The number of carbonyl (C=O) groups is 1. The van der Waals surface area contributed by atoms with Gasteiger partial charge in [-0.25, -0.2) is 4.39 Å². The predicted octanol–water partition coefficient (Wildman–Crippen LogP) is 4.63. The molecule has 1 N–H and O–H groups in total. The van der Waals surface area contributed by atoms with Crippen LogP contribution in [0.1, 0.15) is 24.1 Å². The maximum atomic E-state index is 14.0. The number of anilines is 1. The summed E-state index contributed by atoms with van der Waals surface area (Å²) >= 11 is 0. The lowest BCUT2D eigenvalue weighted by Crippen LogP contribution is -2.47. The first-order chi connectivity index (χ1) is 16.0. The molecule has 1 amide bonds. The molecular weight excluding hydrogens is 421 g/mol. The summed E-state index contributed by atoms with van der Waals surface area (Å²) in [5.41, 5.74) is 1.38. The van der Waals surface area contributed by atoms with E-state index < -0.39 is 18.1 Å². The highest BCUT2D eigenvalue weighted by atomic mass is 19.1. The van der Waals surface area contributed by atoms with Crippen LogP contribution in [0.5, 0.6) is 0 Å². The Balaban J connectivity index is 1.72. The van der Waals surface area contributed by atoms with Gasteiger partial charge in [0.1, 0.15) is 5.82 Å². The van der Waals surface area contributed by atoms with Crippen molar-refractivity contribution in [2.24, 2.45) is 0 Å². The Morgan fingerprint density at radius 3 is 2.58 bits per heavy atom. The number of nitrogens with one attached hydrogen (secondary N) is 1. The topological polar surface area (TPSA) is 63.7 Å². The lowest BCUT2D eigenvalue weighted by atomic mass is 9.87. The number of carbonyl (C=O) groups excluding carboxylic acids is 1. The summed E-state index contributed by atoms with van der Waals surface area (Å²) in [5, 5.41) is 3.26. The summed E-state index contributed by atoms with van der Waals surface area (Å²) in [7, 11) is 1.48. The molecular formula is C26H26FN3O3. The normalized spacial score (nSPS) is 21.1. The molecule has 170 valence electrons. The molecule has 0 bridgehead atoms. The number of aromatic nitrogens is 1. The Morgan fingerprint density at radius 1 is 1.21 bits per heavy atom. The van der Waals surface area contributed by atoms with Gasteiger partial charge in [-0.1, -0.05) is 49.0 Å². The van der Waals surface area contributed by atoms with E-state index in [9.17, 15) is 9.18 Å². The van der Waals surface area contributed by atoms with Crippen LogP contribution >= 0.6 is 0 Å². The van der Waals surface area contributed by atoms with Crippen molar-refractivity contribution >= 4 is 17.2 Å². The van der Waals surface area contributed by atoms with E-state index in [4.69, 9.17) is 9.47 Å². The Morgan fingerprint density at radius 2 is 1.94 bits per heavy atom. The SMILES string of the molecule is C=C(c1ccccc1)[C@]1(CNc2cccnc2)OC(OC)N([C@H](C)c2ccc(F)cc2)C1=O. The largest absolute Gasteiger partial charge is 0.380 e. The molecule has 6 nitrogen and oxygen atoms in total. The molecule has 1 saturated heterocycles. The van der Waals surface area contributed by atoms with Crippen LogP contribution in [0.3, 0.4) is 0 Å². The Bertz CT molecular complexity index is 1110. The Hall–Kier alpha value is -3.55. The van der Waals surface area contributed by atoms with E-state index >= 15 is 0 Å². The lowest BCUT2D eigenvalue weighted by Gasteiger charge is -2.30. The van der Waals surface area contributed by atoms with Crippen molar-refractivity contribution in [2.75, 3.05) is 19.0 Å². The molecule has 0 spiro atoms. The van der Waals surface area contributed by atoms with Crippen LogP contribution in [-0.4, -0.2) is 41.5 Å². The highest BCUT2D eigenvalue weighted by molar-refractivity contribution is 6.01. The molecule has 0 saturated carbocycles. The highest BCUT2D eigenvalue weighted by Gasteiger charge is 2.56. The van der Waals surface area contributed by atoms with Crippen molar-refractivity contribution in [1.29, 1.82) is 0 Å². The minimum Gasteiger partial charge on any atom is -0.380 e. The third-order valence-corrected chi connectivity index (χ3v) is 5.89. The molecule has 2 heterocycles. The van der Waals surface area contributed by atoms with Crippen LogP contribution in [0.25, 0.3) is 5.57 Å². The summed E-state index contributed by atoms with van der Waals surface area (Å²) in [6.07, 6.45) is 2.40. The van der Waals surface area contributed by atoms with Gasteiger partial charge in [-0.05, 0) is 47.9 Å². The minimum atomic E-state index is -1.42. The van der Waals surface area contributed by atoms with Gasteiger partial charge in [0, 0.05) is 19.5 Å². The average molecular weight is 448 g/mol. The number of hydrogen-bond donors (Lipinski definition) is 1. The van der Waals surface area contributed by atoms with E-state index in [1.165, 1.54) is 24.1 Å². The van der Waals surface area contributed by atoms with Crippen molar-refractivity contribution in [3.8, 4) is 0 Å². The number of nitrogens with zero attached hydrogens (tertiary/aromatic N) is 2. The maximum Gasteiger partial charge on any atom is 0.265 e. The summed E-state index contributed by atoms with van der Waals surface area (Å²) in [6.45, 7) is 6.24. The van der Waals surface area contributed by atoms with E-state index in [2.05, 4.69) is 16.9 Å². The third-order valence-electron chi connectivity index (χ3n) is 5.89. The minimum absolute atomic E-state index is 0.123. The molecule has 0 aliphatic carbocycles. The van der Waals surface area contributed by atoms with Crippen LogP contribution in [0.4, 0.5) is 10.1 Å². The number of ether oxygens (including phenoxy) is 2. The average Bonchev–Trinajstić information content (AvgIpc) is 3.15. The van der Waals surface area contributed by atoms with Crippen molar-refractivity contribution in [3.05, 3.63) is 103 Å². The summed E-state index contributed by atoms with van der Waals surface area (Å²) in [5.74, 6) is -0.637. The van der Waals surface area contributed by atoms with Crippen molar-refractivity contribution < 1.29 is 18.7 Å². The zero-order chi connectivity index (χ0) is 23.4. The van der Waals surface area contributed by atoms with Gasteiger partial charge in [0.15, 0.2) is 5.60 Å². The van der Waals surface area contributed by atoms with E-state index in [1.807, 2.05) is 43.3 Å². The Kier molecular flexibility index (Phi) is 6.53. The highest BCUT2D eigenvalue weighted by Crippen LogP contribution is 2.42. The smallest absolute Gasteiger partial charge is 0.265 e. The monoisotopic (exact) mass is 447 g/mol. The van der Waals surface area contributed by atoms with Gasteiger partial charge in [-0.3, -0.25) is 14.7 Å². The third kappa shape index (κ3) is 4.37. The number of rotatable bonds is 8. The quantitative estimate of drug-likeness (QED) is 0.545. The zero-order valence-electron chi connectivity index (χ0n) is 18.6. The molecule has 1 aliphatic rings. The van der Waals surface area contributed by atoms with Crippen molar-refractivity contribution in [1.82, 2.24) is 9.88 Å². The lowest BCUT2D eigenvalue weighted by molar-refractivity contribution is -0.188. The van der Waals surface area contributed by atoms with Gasteiger partial charge in [0.25, 0.3) is 5.91 Å². The molecule has 1 aliphatic heterocycles. The fraction of sp³-hybridized carbons (Fsp3) is 0.231. The number of benzene rings is 2. The first-order valence-electron chi connectivity index (χ1n) is 10.6. The van der Waals surface area contributed by atoms with Crippen LogP contribution in [0.15, 0.2) is 85.7 Å². The summed E-state index contributed by atoms with van der Waals surface area (Å²) in [6, 6.07) is 18.7. The summed E-state index contributed by atoms with van der Waals surface area (Å²) in [4.78, 5) is 19.7. The number of halogens is 1. The summed E-state index contributed by atoms with van der Waals surface area (Å²) < 4.78 is 25.4. The van der Waals surface area contributed by atoms with Gasteiger partial charge in [-0.2, -0.15) is 0 Å². The van der Waals surface area contributed by atoms with Gasteiger partial charge >= 0.3 is 0 Å². The molecule has 1 unspecified atom stereocenters. The fourth-order valence-electron chi connectivity index (χ4n) is 4.00. The number of hydrogen-bond acceptors (Lipinski definition) is 5. The second kappa shape index (κ2) is 9.52. The number of amides is 1. The van der Waals surface area contributed by atoms with Gasteiger partial charge in [0.05, 0.1) is 18.3 Å².